The zero-order valence-electron chi connectivity index (χ0n) is 11.7. The molecule has 0 radical (unpaired) electrons. The number of aryl methyl sites for hydroxylation is 1. The van der Waals surface area contributed by atoms with Crippen molar-refractivity contribution < 1.29 is 0 Å². The van der Waals surface area contributed by atoms with Gasteiger partial charge in [-0.05, 0) is 30.3 Å². The van der Waals surface area contributed by atoms with E-state index in [0.29, 0.717) is 0 Å². The van der Waals surface area contributed by atoms with E-state index in [0.717, 1.165) is 32.1 Å². The van der Waals surface area contributed by atoms with Gasteiger partial charge in [-0.15, -0.1) is 0 Å². The van der Waals surface area contributed by atoms with Crippen LogP contribution >= 0.6 is 15.9 Å². The van der Waals surface area contributed by atoms with E-state index in [2.05, 4.69) is 25.9 Å². The van der Waals surface area contributed by atoms with Crippen molar-refractivity contribution in [2.75, 3.05) is 0 Å². The van der Waals surface area contributed by atoms with Crippen LogP contribution in [0.4, 0.5) is 0 Å². The van der Waals surface area contributed by atoms with E-state index < -0.39 is 0 Å². The van der Waals surface area contributed by atoms with E-state index in [4.69, 9.17) is 0 Å². The maximum atomic E-state index is 12.7. The van der Waals surface area contributed by atoms with E-state index in [1.165, 1.54) is 0 Å². The van der Waals surface area contributed by atoms with E-state index in [1.807, 2.05) is 30.3 Å². The van der Waals surface area contributed by atoms with Gasteiger partial charge in [0.2, 0.25) is 0 Å². The van der Waals surface area contributed by atoms with Crippen LogP contribution in [-0.4, -0.2) is 19.1 Å². The van der Waals surface area contributed by atoms with Gasteiger partial charge < -0.3 is 0 Å². The fourth-order valence-corrected chi connectivity index (χ4v) is 3.06. The molecule has 0 aliphatic rings. The Labute approximate surface area is 134 Å². The molecule has 0 saturated heterocycles. The van der Waals surface area contributed by atoms with Crippen LogP contribution < -0.4 is 5.69 Å². The molecule has 0 atom stereocenters. The fraction of sp³-hybridized carbons (Fsp3) is 0.0625. The monoisotopic (exact) mass is 354 g/mol. The van der Waals surface area contributed by atoms with Gasteiger partial charge in [0.15, 0.2) is 0 Å². The predicted octanol–water partition coefficient (Wildman–Crippen LogP) is 3.03. The van der Waals surface area contributed by atoms with E-state index in [-0.39, 0.29) is 5.69 Å². The van der Waals surface area contributed by atoms with Gasteiger partial charge in [-0.3, -0.25) is 19.1 Å². The highest BCUT2D eigenvalue weighted by atomic mass is 79.9. The van der Waals surface area contributed by atoms with Crippen molar-refractivity contribution >= 4 is 37.9 Å². The highest BCUT2D eigenvalue weighted by Gasteiger charge is 2.16. The standard InChI is InChI=1S/C16H11BrN4O/c1-20-14-9-19-13-5-4-10(17)7-12(13)15(14)21(16(20)22)11-3-2-6-18-8-11/h2-9H,1H3. The summed E-state index contributed by atoms with van der Waals surface area (Å²) in [6, 6.07) is 9.55. The highest BCUT2D eigenvalue weighted by molar-refractivity contribution is 9.10. The fourth-order valence-electron chi connectivity index (χ4n) is 2.70. The lowest BCUT2D eigenvalue weighted by atomic mass is 10.2. The molecular formula is C16H11BrN4O. The third-order valence-electron chi connectivity index (χ3n) is 3.75. The number of hydrogen-bond donors (Lipinski definition) is 0. The molecular weight excluding hydrogens is 344 g/mol. The maximum absolute atomic E-state index is 12.7. The molecule has 108 valence electrons. The number of fused-ring (bicyclic) bond motifs is 3. The summed E-state index contributed by atoms with van der Waals surface area (Å²) in [6.45, 7) is 0. The zero-order valence-corrected chi connectivity index (χ0v) is 13.3. The molecule has 22 heavy (non-hydrogen) atoms. The first-order chi connectivity index (χ1) is 10.7. The summed E-state index contributed by atoms with van der Waals surface area (Å²) in [6.07, 6.45) is 5.11. The number of rotatable bonds is 1. The molecule has 5 nitrogen and oxygen atoms in total. The molecule has 4 aromatic rings. The highest BCUT2D eigenvalue weighted by Crippen LogP contribution is 2.27. The minimum atomic E-state index is -0.114. The lowest BCUT2D eigenvalue weighted by Crippen LogP contribution is -2.20. The molecule has 1 aromatic carbocycles. The average molecular weight is 355 g/mol. The molecule has 0 unspecified atom stereocenters. The number of imidazole rings is 1. The predicted molar refractivity (Wildman–Crippen MR) is 89.3 cm³/mol. The first kappa shape index (κ1) is 13.2. The first-order valence-electron chi connectivity index (χ1n) is 6.73. The zero-order chi connectivity index (χ0) is 15.3. The Morgan fingerprint density at radius 3 is 2.82 bits per heavy atom. The number of halogens is 1. The minimum Gasteiger partial charge on any atom is -0.293 e. The van der Waals surface area contributed by atoms with Gasteiger partial charge in [0.25, 0.3) is 0 Å². The lowest BCUT2D eigenvalue weighted by Gasteiger charge is -2.05. The number of nitrogens with zero attached hydrogens (tertiary/aromatic N) is 4. The van der Waals surface area contributed by atoms with Crippen molar-refractivity contribution in [3.05, 3.63) is 63.9 Å². The minimum absolute atomic E-state index is 0.114. The van der Waals surface area contributed by atoms with Crippen LogP contribution in [0.1, 0.15) is 0 Å². The third-order valence-corrected chi connectivity index (χ3v) is 4.24. The van der Waals surface area contributed by atoms with Crippen molar-refractivity contribution in [2.45, 2.75) is 0 Å². The number of pyridine rings is 2. The Morgan fingerprint density at radius 2 is 2.05 bits per heavy atom. The largest absolute Gasteiger partial charge is 0.333 e. The molecule has 3 aromatic heterocycles. The Balaban J connectivity index is 2.27. The second-order valence-electron chi connectivity index (χ2n) is 5.04. The number of aromatic nitrogens is 4. The van der Waals surface area contributed by atoms with E-state index >= 15 is 0 Å². The molecule has 0 aliphatic carbocycles. The molecule has 3 heterocycles. The molecule has 0 N–H and O–H groups in total. The second-order valence-corrected chi connectivity index (χ2v) is 5.96. The van der Waals surface area contributed by atoms with Gasteiger partial charge in [-0.25, -0.2) is 4.79 Å². The summed E-state index contributed by atoms with van der Waals surface area (Å²) in [4.78, 5) is 21.2. The Bertz CT molecular complexity index is 1070. The molecule has 4 rings (SSSR count). The van der Waals surface area contributed by atoms with Gasteiger partial charge in [0.05, 0.1) is 34.6 Å². The number of hydrogen-bond acceptors (Lipinski definition) is 3. The van der Waals surface area contributed by atoms with E-state index in [1.54, 1.807) is 34.8 Å². The smallest absolute Gasteiger partial charge is 0.293 e. The summed E-state index contributed by atoms with van der Waals surface area (Å²) >= 11 is 3.49. The SMILES string of the molecule is Cn1c(=O)n(-c2cccnc2)c2c3cc(Br)ccc3ncc21. The van der Waals surface area contributed by atoms with Gasteiger partial charge >= 0.3 is 5.69 Å². The summed E-state index contributed by atoms with van der Waals surface area (Å²) in [5.41, 5.74) is 3.10. The van der Waals surface area contributed by atoms with Crippen LogP contribution in [0.3, 0.4) is 0 Å². The summed E-state index contributed by atoms with van der Waals surface area (Å²) in [7, 11) is 1.75. The lowest BCUT2D eigenvalue weighted by molar-refractivity contribution is 0.844. The Hall–Kier alpha value is -2.47. The second kappa shape index (κ2) is 4.78. The van der Waals surface area contributed by atoms with Crippen molar-refractivity contribution in [2.24, 2.45) is 7.05 Å². The van der Waals surface area contributed by atoms with Crippen LogP contribution in [0, 0.1) is 0 Å². The van der Waals surface area contributed by atoms with Crippen LogP contribution in [0.25, 0.3) is 27.6 Å². The van der Waals surface area contributed by atoms with Crippen molar-refractivity contribution in [1.29, 1.82) is 0 Å². The van der Waals surface area contributed by atoms with Crippen LogP contribution in [0.15, 0.2) is 58.2 Å². The first-order valence-corrected chi connectivity index (χ1v) is 7.52. The quantitative estimate of drug-likeness (QED) is 0.527. The van der Waals surface area contributed by atoms with Crippen molar-refractivity contribution in [3.63, 3.8) is 0 Å². The average Bonchev–Trinajstić information content (AvgIpc) is 2.80. The van der Waals surface area contributed by atoms with Crippen molar-refractivity contribution in [3.8, 4) is 5.69 Å². The third kappa shape index (κ3) is 1.80. The van der Waals surface area contributed by atoms with Gasteiger partial charge in [0.1, 0.15) is 0 Å². The normalized spacial score (nSPS) is 11.4. The van der Waals surface area contributed by atoms with Crippen LogP contribution in [0.2, 0.25) is 0 Å². The topological polar surface area (TPSA) is 52.7 Å². The molecule has 0 spiro atoms. The van der Waals surface area contributed by atoms with Gasteiger partial charge in [-0.1, -0.05) is 15.9 Å². The molecule has 0 bridgehead atoms. The summed E-state index contributed by atoms with van der Waals surface area (Å²) in [5, 5.41) is 0.924. The summed E-state index contributed by atoms with van der Waals surface area (Å²) in [5.74, 6) is 0. The molecule has 0 aliphatic heterocycles. The van der Waals surface area contributed by atoms with Crippen molar-refractivity contribution in [1.82, 2.24) is 19.1 Å². The Morgan fingerprint density at radius 1 is 1.18 bits per heavy atom. The van der Waals surface area contributed by atoms with Crippen LogP contribution in [0.5, 0.6) is 0 Å². The molecule has 6 heteroatoms. The molecule has 0 amide bonds. The van der Waals surface area contributed by atoms with Crippen LogP contribution in [-0.2, 0) is 7.05 Å². The molecule has 0 saturated carbocycles. The summed E-state index contributed by atoms with van der Waals surface area (Å²) < 4.78 is 4.23. The number of benzene rings is 1. The maximum Gasteiger partial charge on any atom is 0.333 e. The molecule has 0 fully saturated rings. The Kier molecular flexibility index (Phi) is 2.87. The van der Waals surface area contributed by atoms with Gasteiger partial charge in [-0.2, -0.15) is 0 Å². The van der Waals surface area contributed by atoms with E-state index in [9.17, 15) is 4.79 Å². The van der Waals surface area contributed by atoms with Gasteiger partial charge in [0, 0.05) is 23.1 Å².